The Hall–Kier alpha value is -1.39. The fourth-order valence-corrected chi connectivity index (χ4v) is 7.49. The Morgan fingerprint density at radius 1 is 0.643 bits per heavy atom. The Kier molecular flexibility index (Phi) is 36.9. The van der Waals surface area contributed by atoms with Crippen LogP contribution in [-0.2, 0) is 28.1 Å². The van der Waals surface area contributed by atoms with Crippen molar-refractivity contribution in [2.45, 2.75) is 207 Å². The van der Waals surface area contributed by atoms with Gasteiger partial charge in [0.05, 0.1) is 25.7 Å². The van der Waals surface area contributed by atoms with E-state index in [1.54, 1.807) is 0 Å². The fourth-order valence-electron chi connectivity index (χ4n) is 6.74. The van der Waals surface area contributed by atoms with Crippen LogP contribution in [0.1, 0.15) is 195 Å². The van der Waals surface area contributed by atoms with Crippen LogP contribution in [0, 0.1) is 0 Å². The number of allylic oxidation sites excluding steroid dienone is 3. The van der Waals surface area contributed by atoms with Gasteiger partial charge in [-0.05, 0) is 52.9 Å². The van der Waals surface area contributed by atoms with E-state index < -0.39 is 26.9 Å². The predicted octanol–water partition coefficient (Wildman–Crippen LogP) is 10.6. The summed E-state index contributed by atoms with van der Waals surface area (Å²) < 4.78 is 22.3. The van der Waals surface area contributed by atoms with Crippen LogP contribution in [0.2, 0.25) is 0 Å². The van der Waals surface area contributed by atoms with Gasteiger partial charge in [0.15, 0.2) is 6.10 Å². The second kappa shape index (κ2) is 37.9. The largest absolute Gasteiger partial charge is 0.606 e. The third-order valence-corrected chi connectivity index (χ3v) is 11.9. The molecule has 11 heteroatoms. The summed E-state index contributed by atoms with van der Waals surface area (Å²) in [6.45, 7) is 13.3. The molecule has 0 aromatic rings. The number of unbranched alkanes of at least 4 members (excludes halogenated alkanes) is 19. The van der Waals surface area contributed by atoms with E-state index in [1.165, 1.54) is 64.2 Å². The predicted molar refractivity (Wildman–Crippen MR) is 230 cm³/mol. The molecular weight excluding hydrogens is 729 g/mol. The summed E-state index contributed by atoms with van der Waals surface area (Å²) in [6.07, 6.45) is 32.6. The summed E-state index contributed by atoms with van der Waals surface area (Å²) in [6, 6.07) is 0. The summed E-state index contributed by atoms with van der Waals surface area (Å²) in [5.74, 6) is -0.835. The SMILES string of the molecule is CCCCCCCCCCCCCCCC(=O)OC[C@H](CO[P+]([O-])(O)OCC[N+](CC)(CC)CC)OC(=O)CCCCCCC/C=C\C=C\C(O)CCCCC. The molecule has 0 fully saturated rings. The zero-order valence-electron chi connectivity index (χ0n) is 36.7. The number of aliphatic hydroxyl groups excluding tert-OH is 1. The molecule has 0 aromatic heterocycles. The Balaban J connectivity index is 4.62. The molecule has 0 saturated carbocycles. The van der Waals surface area contributed by atoms with Gasteiger partial charge in [-0.15, -0.1) is 0 Å². The Morgan fingerprint density at radius 3 is 1.70 bits per heavy atom. The van der Waals surface area contributed by atoms with Crippen LogP contribution in [0.5, 0.6) is 0 Å². The van der Waals surface area contributed by atoms with Crippen molar-refractivity contribution < 1.29 is 47.5 Å². The first kappa shape index (κ1) is 54.6. The Bertz CT molecular complexity index is 965. The van der Waals surface area contributed by atoms with Crippen molar-refractivity contribution in [3.05, 3.63) is 24.3 Å². The van der Waals surface area contributed by atoms with Crippen molar-refractivity contribution in [1.82, 2.24) is 0 Å². The van der Waals surface area contributed by atoms with Crippen molar-refractivity contribution >= 4 is 20.1 Å². The van der Waals surface area contributed by atoms with Crippen molar-refractivity contribution in [3.63, 3.8) is 0 Å². The van der Waals surface area contributed by atoms with Gasteiger partial charge in [-0.2, -0.15) is 13.9 Å². The summed E-state index contributed by atoms with van der Waals surface area (Å²) in [5, 5.41) is 9.95. The van der Waals surface area contributed by atoms with Gasteiger partial charge in [0, 0.05) is 12.8 Å². The molecule has 3 atom stereocenters. The zero-order chi connectivity index (χ0) is 41.6. The number of aliphatic hydroxyl groups is 1. The molecule has 0 saturated heterocycles. The van der Waals surface area contributed by atoms with Crippen LogP contribution in [-0.4, -0.2) is 84.6 Å². The molecule has 330 valence electrons. The number of phosphoric ester groups is 1. The number of esters is 2. The van der Waals surface area contributed by atoms with Gasteiger partial charge in [-0.25, -0.2) is 0 Å². The number of likely N-dealkylation sites (N-methyl/N-ethyl adjacent to an activating group) is 1. The number of hydrogen-bond donors (Lipinski definition) is 2. The van der Waals surface area contributed by atoms with Crippen molar-refractivity contribution in [2.75, 3.05) is 46.0 Å². The maximum Gasteiger partial charge on any atom is 0.377 e. The highest BCUT2D eigenvalue weighted by atomic mass is 31.2. The van der Waals surface area contributed by atoms with E-state index in [-0.39, 0.29) is 38.1 Å². The van der Waals surface area contributed by atoms with Crippen molar-refractivity contribution in [1.29, 1.82) is 0 Å². The average Bonchev–Trinajstić information content (AvgIpc) is 3.18. The van der Waals surface area contributed by atoms with Crippen LogP contribution in [0.15, 0.2) is 24.3 Å². The molecule has 10 nitrogen and oxygen atoms in total. The average molecular weight is 817 g/mol. The van der Waals surface area contributed by atoms with Gasteiger partial charge in [-0.1, -0.05) is 154 Å². The quantitative estimate of drug-likeness (QED) is 0.0203. The molecule has 0 spiro atoms. The van der Waals surface area contributed by atoms with Crippen LogP contribution >= 0.6 is 8.17 Å². The third-order valence-electron chi connectivity index (χ3n) is 10.9. The molecular formula is C45H87NO9P+. The molecule has 2 unspecified atom stereocenters. The van der Waals surface area contributed by atoms with Gasteiger partial charge >= 0.3 is 20.1 Å². The van der Waals surface area contributed by atoms with Crippen LogP contribution in [0.3, 0.4) is 0 Å². The highest BCUT2D eigenvalue weighted by molar-refractivity contribution is 7.52. The monoisotopic (exact) mass is 817 g/mol. The van der Waals surface area contributed by atoms with Gasteiger partial charge < -0.3 is 24.0 Å². The van der Waals surface area contributed by atoms with Gasteiger partial charge in [0.1, 0.15) is 26.4 Å². The molecule has 2 N–H and O–H groups in total. The summed E-state index contributed by atoms with van der Waals surface area (Å²) in [5.41, 5.74) is 0. The zero-order valence-corrected chi connectivity index (χ0v) is 37.6. The van der Waals surface area contributed by atoms with E-state index >= 15 is 0 Å². The lowest BCUT2D eigenvalue weighted by atomic mass is 10.0. The molecule has 0 aliphatic rings. The topological polar surface area (TPSA) is 135 Å². The normalized spacial score (nSPS) is 14.4. The summed E-state index contributed by atoms with van der Waals surface area (Å²) >= 11 is 0. The highest BCUT2D eigenvalue weighted by Crippen LogP contribution is 2.47. The Labute approximate surface area is 344 Å². The van der Waals surface area contributed by atoms with Crippen LogP contribution in [0.4, 0.5) is 0 Å². The Morgan fingerprint density at radius 2 is 1.14 bits per heavy atom. The first-order chi connectivity index (χ1) is 27.1. The van der Waals surface area contributed by atoms with Crippen molar-refractivity contribution in [2.24, 2.45) is 0 Å². The standard InChI is InChI=1S/C45H86NO9P/c1-6-11-13-14-15-16-17-18-19-22-25-28-32-36-44(48)52-40-43(41-54-56(50,51)53-39-38-46(8-3,9-4)10-5)55-45(49)37-33-29-26-23-20-21-24-27-31-35-42(47)34-30-12-7-2/h24,27,31,35,42-43,47H,6-23,25-26,28-30,32-34,36-41H2,1-5H3/p+1/b27-24-,35-31+/t42?,43-/m1/s1. The second-order valence-electron chi connectivity index (χ2n) is 15.6. The number of quaternary nitrogens is 1. The number of phosphoric acid groups is 1. The van der Waals surface area contributed by atoms with E-state index in [9.17, 15) is 24.5 Å². The molecule has 0 aliphatic heterocycles. The van der Waals surface area contributed by atoms with Gasteiger partial charge in [-0.3, -0.25) is 9.59 Å². The molecule has 0 rings (SSSR count). The smallest absolute Gasteiger partial charge is 0.377 e. The molecule has 0 amide bonds. The number of carbonyl (C=O) groups excluding carboxylic acids is 2. The molecule has 0 bridgehead atoms. The lowest BCUT2D eigenvalue weighted by Gasteiger charge is -2.35. The number of ether oxygens (including phenoxy) is 2. The summed E-state index contributed by atoms with van der Waals surface area (Å²) in [4.78, 5) is 48.4. The maximum atomic E-state index is 12.8. The number of rotatable bonds is 41. The van der Waals surface area contributed by atoms with E-state index in [2.05, 4.69) is 40.7 Å². The number of hydrogen-bond acceptors (Lipinski definition) is 9. The molecule has 0 radical (unpaired) electrons. The second-order valence-corrected chi connectivity index (χ2v) is 17.0. The van der Waals surface area contributed by atoms with E-state index in [4.69, 9.17) is 18.5 Å². The van der Waals surface area contributed by atoms with Gasteiger partial charge in [0.2, 0.25) is 0 Å². The lowest BCUT2D eigenvalue weighted by molar-refractivity contribution is -0.923. The molecule has 0 heterocycles. The highest BCUT2D eigenvalue weighted by Gasteiger charge is 2.32. The molecule has 0 aliphatic carbocycles. The molecule has 0 aromatic carbocycles. The first-order valence-electron chi connectivity index (χ1n) is 22.9. The first-order valence-corrected chi connectivity index (χ1v) is 24.4. The van der Waals surface area contributed by atoms with Crippen LogP contribution in [0.25, 0.3) is 0 Å². The summed E-state index contributed by atoms with van der Waals surface area (Å²) in [7, 11) is -4.42. The minimum atomic E-state index is -4.42. The lowest BCUT2D eigenvalue weighted by Crippen LogP contribution is -2.49. The van der Waals surface area contributed by atoms with E-state index in [1.807, 2.05) is 18.2 Å². The van der Waals surface area contributed by atoms with E-state index in [0.717, 1.165) is 101 Å². The minimum Gasteiger partial charge on any atom is -0.606 e. The van der Waals surface area contributed by atoms with Crippen LogP contribution < -0.4 is 4.89 Å². The third kappa shape index (κ3) is 33.6. The van der Waals surface area contributed by atoms with E-state index in [0.29, 0.717) is 13.0 Å². The van der Waals surface area contributed by atoms with Gasteiger partial charge in [0.25, 0.3) is 0 Å². The minimum absolute atomic E-state index is 0.0541. The molecule has 56 heavy (non-hydrogen) atoms. The number of carbonyl (C=O) groups is 2. The van der Waals surface area contributed by atoms with Crippen molar-refractivity contribution in [3.8, 4) is 0 Å². The fraction of sp³-hybridized carbons (Fsp3) is 0.867. The maximum absolute atomic E-state index is 12.8. The number of nitrogens with zero attached hydrogens (tertiary/aromatic N) is 1.